The highest BCUT2D eigenvalue weighted by Crippen LogP contribution is 2.16. The smallest absolute Gasteiger partial charge is 0.234 e. The maximum absolute atomic E-state index is 12.2. The van der Waals surface area contributed by atoms with E-state index >= 15 is 0 Å². The van der Waals surface area contributed by atoms with E-state index in [0.717, 1.165) is 18.7 Å². The van der Waals surface area contributed by atoms with Crippen LogP contribution in [-0.4, -0.2) is 54.5 Å². The van der Waals surface area contributed by atoms with E-state index in [1.165, 1.54) is 43.3 Å². The molecule has 1 atom stereocenters. The van der Waals surface area contributed by atoms with E-state index in [9.17, 15) is 4.79 Å². The minimum Gasteiger partial charge on any atom is -0.383 e. The number of hydrogen-bond donors (Lipinski definition) is 2. The SMILES string of the molecule is CCNC(=O)C(CNc1ccc(CCN2CCCC2)cc1)SCCC#N. The number of nitrogens with zero attached hydrogens (tertiary/aromatic N) is 2. The van der Waals surface area contributed by atoms with E-state index in [-0.39, 0.29) is 11.2 Å². The lowest BCUT2D eigenvalue weighted by molar-refractivity contribution is -0.120. The van der Waals surface area contributed by atoms with Crippen molar-refractivity contribution in [2.24, 2.45) is 0 Å². The molecule has 0 bridgehead atoms. The van der Waals surface area contributed by atoms with Crippen LogP contribution in [0.3, 0.4) is 0 Å². The second-order valence-corrected chi connectivity index (χ2v) is 7.85. The molecule has 1 amide bonds. The molecule has 1 aromatic carbocycles. The zero-order chi connectivity index (χ0) is 18.6. The molecule has 2 N–H and O–H groups in total. The van der Waals surface area contributed by atoms with Crippen LogP contribution in [0.15, 0.2) is 24.3 Å². The predicted molar refractivity (Wildman–Crippen MR) is 109 cm³/mol. The summed E-state index contributed by atoms with van der Waals surface area (Å²) in [4.78, 5) is 14.7. The molecule has 1 aromatic rings. The summed E-state index contributed by atoms with van der Waals surface area (Å²) in [6.45, 7) is 6.73. The number of anilines is 1. The zero-order valence-electron chi connectivity index (χ0n) is 15.7. The summed E-state index contributed by atoms with van der Waals surface area (Å²) in [7, 11) is 0. The summed E-state index contributed by atoms with van der Waals surface area (Å²) in [5, 5.41) is 14.7. The van der Waals surface area contributed by atoms with Crippen molar-refractivity contribution in [3.05, 3.63) is 29.8 Å². The van der Waals surface area contributed by atoms with E-state index < -0.39 is 0 Å². The fraction of sp³-hybridized carbons (Fsp3) is 0.600. The van der Waals surface area contributed by atoms with Gasteiger partial charge in [0.15, 0.2) is 0 Å². The van der Waals surface area contributed by atoms with Crippen LogP contribution in [0.5, 0.6) is 0 Å². The fourth-order valence-corrected chi connectivity index (χ4v) is 3.99. The fourth-order valence-electron chi connectivity index (χ4n) is 3.06. The lowest BCUT2D eigenvalue weighted by Gasteiger charge is -2.17. The molecule has 6 heteroatoms. The number of rotatable bonds is 11. The van der Waals surface area contributed by atoms with Gasteiger partial charge in [-0.25, -0.2) is 0 Å². The minimum atomic E-state index is -0.182. The van der Waals surface area contributed by atoms with Crippen molar-refractivity contribution >= 4 is 23.4 Å². The van der Waals surface area contributed by atoms with Gasteiger partial charge in [0.25, 0.3) is 0 Å². The Bertz CT molecular complexity index is 578. The van der Waals surface area contributed by atoms with E-state index in [0.29, 0.717) is 25.3 Å². The number of hydrogen-bond acceptors (Lipinski definition) is 5. The molecule has 1 fully saturated rings. The molecule has 2 rings (SSSR count). The molecule has 1 aliphatic rings. The normalized spacial score (nSPS) is 15.4. The molecule has 5 nitrogen and oxygen atoms in total. The van der Waals surface area contributed by atoms with Crippen molar-refractivity contribution in [2.45, 2.75) is 37.9 Å². The highest BCUT2D eigenvalue weighted by Gasteiger charge is 2.18. The van der Waals surface area contributed by atoms with Crippen LogP contribution in [-0.2, 0) is 11.2 Å². The molecule has 0 aromatic heterocycles. The second-order valence-electron chi connectivity index (χ2n) is 6.54. The number of carbonyl (C=O) groups excluding carboxylic acids is 1. The van der Waals surface area contributed by atoms with Crippen LogP contribution in [0.1, 0.15) is 31.7 Å². The summed E-state index contributed by atoms with van der Waals surface area (Å²) >= 11 is 1.54. The molecule has 1 aliphatic heterocycles. The highest BCUT2D eigenvalue weighted by atomic mass is 32.2. The van der Waals surface area contributed by atoms with Crippen molar-refractivity contribution in [1.82, 2.24) is 10.2 Å². The average Bonchev–Trinajstić information content (AvgIpc) is 3.17. The predicted octanol–water partition coefficient (Wildman–Crippen LogP) is 2.89. The van der Waals surface area contributed by atoms with Gasteiger partial charge in [-0.1, -0.05) is 12.1 Å². The minimum absolute atomic E-state index is 0.0326. The van der Waals surface area contributed by atoms with Gasteiger partial charge in [-0.3, -0.25) is 4.79 Å². The van der Waals surface area contributed by atoms with Crippen LogP contribution in [0.4, 0.5) is 5.69 Å². The maximum Gasteiger partial charge on any atom is 0.234 e. The number of nitriles is 1. The summed E-state index contributed by atoms with van der Waals surface area (Å²) in [6.07, 6.45) is 4.22. The monoisotopic (exact) mass is 374 g/mol. The summed E-state index contributed by atoms with van der Waals surface area (Å²) in [5.74, 6) is 0.709. The largest absolute Gasteiger partial charge is 0.383 e. The molecular weight excluding hydrogens is 344 g/mol. The van der Waals surface area contributed by atoms with Gasteiger partial charge in [0.2, 0.25) is 5.91 Å². The first-order chi connectivity index (χ1) is 12.7. The first-order valence-electron chi connectivity index (χ1n) is 9.54. The van der Waals surface area contributed by atoms with Gasteiger partial charge in [0.05, 0.1) is 6.07 Å². The standard InChI is InChI=1S/C20H30N4OS/c1-2-22-20(25)19(26-15-5-11-21)16-23-18-8-6-17(7-9-18)10-14-24-12-3-4-13-24/h6-9,19,23H,2-5,10,12-16H2,1H3,(H,22,25). The Morgan fingerprint density at radius 2 is 2.04 bits per heavy atom. The topological polar surface area (TPSA) is 68.2 Å². The summed E-state index contributed by atoms with van der Waals surface area (Å²) in [6, 6.07) is 10.7. The third-order valence-electron chi connectivity index (χ3n) is 4.54. The molecule has 0 radical (unpaired) electrons. The van der Waals surface area contributed by atoms with Crippen molar-refractivity contribution in [3.8, 4) is 6.07 Å². The Morgan fingerprint density at radius 3 is 2.69 bits per heavy atom. The van der Waals surface area contributed by atoms with Gasteiger partial charge >= 0.3 is 0 Å². The van der Waals surface area contributed by atoms with E-state index in [4.69, 9.17) is 5.26 Å². The molecule has 26 heavy (non-hydrogen) atoms. The molecule has 0 spiro atoms. The molecule has 1 saturated heterocycles. The highest BCUT2D eigenvalue weighted by molar-refractivity contribution is 8.00. The first-order valence-corrected chi connectivity index (χ1v) is 10.6. The van der Waals surface area contributed by atoms with E-state index in [1.807, 2.05) is 6.92 Å². The number of carbonyl (C=O) groups is 1. The van der Waals surface area contributed by atoms with Gasteiger partial charge < -0.3 is 15.5 Å². The Balaban J connectivity index is 1.79. The van der Waals surface area contributed by atoms with E-state index in [1.54, 1.807) is 0 Å². The van der Waals surface area contributed by atoms with Crippen LogP contribution in [0.2, 0.25) is 0 Å². The summed E-state index contributed by atoms with van der Waals surface area (Å²) < 4.78 is 0. The molecular formula is C20H30N4OS. The quantitative estimate of drug-likeness (QED) is 0.583. The van der Waals surface area contributed by atoms with Crippen molar-refractivity contribution in [2.75, 3.05) is 43.8 Å². The Hall–Kier alpha value is -1.71. The Labute approximate surface area is 161 Å². The van der Waals surface area contributed by atoms with Crippen LogP contribution in [0, 0.1) is 11.3 Å². The van der Waals surface area contributed by atoms with Crippen LogP contribution < -0.4 is 10.6 Å². The van der Waals surface area contributed by atoms with Crippen molar-refractivity contribution < 1.29 is 4.79 Å². The number of likely N-dealkylation sites (tertiary alicyclic amines) is 1. The Kier molecular flexibility index (Phi) is 9.36. The maximum atomic E-state index is 12.2. The van der Waals surface area contributed by atoms with Crippen LogP contribution in [0.25, 0.3) is 0 Å². The molecule has 0 saturated carbocycles. The molecule has 1 heterocycles. The summed E-state index contributed by atoms with van der Waals surface area (Å²) in [5.41, 5.74) is 2.39. The van der Waals surface area contributed by atoms with Crippen molar-refractivity contribution in [3.63, 3.8) is 0 Å². The van der Waals surface area contributed by atoms with Gasteiger partial charge in [-0.2, -0.15) is 5.26 Å². The number of thioether (sulfide) groups is 1. The zero-order valence-corrected chi connectivity index (χ0v) is 16.5. The van der Waals surface area contributed by atoms with Gasteiger partial charge in [-0.15, -0.1) is 11.8 Å². The Morgan fingerprint density at radius 1 is 1.31 bits per heavy atom. The number of nitrogens with one attached hydrogen (secondary N) is 2. The van der Waals surface area contributed by atoms with Gasteiger partial charge in [0, 0.05) is 37.5 Å². The number of benzene rings is 1. The third-order valence-corrected chi connectivity index (χ3v) is 5.76. The molecule has 0 aliphatic carbocycles. The first kappa shape index (κ1) is 20.6. The van der Waals surface area contributed by atoms with E-state index in [2.05, 4.69) is 45.9 Å². The molecule has 142 valence electrons. The number of amides is 1. The third kappa shape index (κ3) is 7.27. The lowest BCUT2D eigenvalue weighted by atomic mass is 10.1. The molecule has 1 unspecified atom stereocenters. The average molecular weight is 375 g/mol. The van der Waals surface area contributed by atoms with Gasteiger partial charge in [-0.05, 0) is 57.0 Å². The lowest BCUT2D eigenvalue weighted by Crippen LogP contribution is -2.37. The van der Waals surface area contributed by atoms with Crippen molar-refractivity contribution in [1.29, 1.82) is 5.26 Å². The second kappa shape index (κ2) is 11.8. The van der Waals surface area contributed by atoms with Crippen LogP contribution >= 0.6 is 11.8 Å². The van der Waals surface area contributed by atoms with Gasteiger partial charge in [0.1, 0.15) is 5.25 Å².